The van der Waals surface area contributed by atoms with Crippen LogP contribution in [-0.4, -0.2) is 9.97 Å². The molecule has 2 aromatic rings. The number of hydrogen-bond acceptors (Lipinski definition) is 3. The monoisotopic (exact) mass is 283 g/mol. The molecule has 0 saturated carbocycles. The van der Waals surface area contributed by atoms with Crippen molar-refractivity contribution in [2.24, 2.45) is 0 Å². The zero-order valence-corrected chi connectivity index (χ0v) is 11.1. The Morgan fingerprint density at radius 3 is 2.40 bits per heavy atom. The molecule has 0 aliphatic heterocycles. The number of hydrogen-bond donors (Lipinski definition) is 1. The number of fused-ring (bicyclic) bond motifs is 1. The van der Waals surface area contributed by atoms with Crippen LogP contribution in [-0.2, 0) is 6.18 Å². The predicted octanol–water partition coefficient (Wildman–Crippen LogP) is 3.15. The van der Waals surface area contributed by atoms with E-state index in [4.69, 9.17) is 5.26 Å². The fourth-order valence-electron chi connectivity index (χ4n) is 1.64. The van der Waals surface area contributed by atoms with E-state index in [0.29, 0.717) is 6.07 Å². The number of nitrogens with one attached hydrogen (secondary N) is 1. The summed E-state index contributed by atoms with van der Waals surface area (Å²) in [6.45, 7) is 5.45. The molecule has 0 atom stereocenters. The highest BCUT2D eigenvalue weighted by Crippen LogP contribution is 2.31. The van der Waals surface area contributed by atoms with E-state index in [0.717, 1.165) is 6.07 Å². The number of rotatable bonds is 0. The number of H-pyrrole nitrogens is 1. The van der Waals surface area contributed by atoms with Gasteiger partial charge >= 0.3 is 6.18 Å². The average molecular weight is 283 g/mol. The number of aryl methyl sites for hydroxylation is 1. The van der Waals surface area contributed by atoms with E-state index in [1.807, 2.05) is 13.8 Å². The smallest absolute Gasteiger partial charge is 0.310 e. The number of benzene rings is 1. The Labute approximate surface area is 112 Å². The summed E-state index contributed by atoms with van der Waals surface area (Å²) in [5, 5.41) is 8.69. The van der Waals surface area contributed by atoms with Crippen molar-refractivity contribution in [1.29, 1.82) is 5.26 Å². The molecule has 1 aromatic carbocycles. The predicted molar refractivity (Wildman–Crippen MR) is 68.2 cm³/mol. The maximum Gasteiger partial charge on any atom is 0.416 e. The molecule has 1 aromatic heterocycles. The number of halogens is 3. The fourth-order valence-corrected chi connectivity index (χ4v) is 1.64. The van der Waals surface area contributed by atoms with Crippen molar-refractivity contribution in [3.8, 4) is 6.07 Å². The second-order valence-corrected chi connectivity index (χ2v) is 3.68. The van der Waals surface area contributed by atoms with Crippen LogP contribution in [0.5, 0.6) is 0 Å². The van der Waals surface area contributed by atoms with Crippen LogP contribution in [0.15, 0.2) is 16.9 Å². The van der Waals surface area contributed by atoms with Gasteiger partial charge in [0, 0.05) is 0 Å². The molecule has 0 aliphatic carbocycles. The van der Waals surface area contributed by atoms with Gasteiger partial charge in [0.2, 0.25) is 0 Å². The zero-order chi connectivity index (χ0) is 15.5. The maximum atomic E-state index is 12.6. The van der Waals surface area contributed by atoms with Crippen molar-refractivity contribution in [3.05, 3.63) is 39.4 Å². The van der Waals surface area contributed by atoms with Crippen molar-refractivity contribution >= 4 is 10.9 Å². The molecule has 0 saturated heterocycles. The largest absolute Gasteiger partial charge is 0.416 e. The highest BCUT2D eigenvalue weighted by Gasteiger charge is 2.32. The van der Waals surface area contributed by atoms with Gasteiger partial charge in [-0.3, -0.25) is 4.79 Å². The molecule has 1 N–H and O–H groups in total. The summed E-state index contributed by atoms with van der Waals surface area (Å²) in [4.78, 5) is 17.8. The minimum Gasteiger partial charge on any atom is -0.310 e. The van der Waals surface area contributed by atoms with E-state index in [1.165, 1.54) is 6.92 Å². The molecule has 2 rings (SSSR count). The van der Waals surface area contributed by atoms with E-state index in [1.54, 1.807) is 6.07 Å². The minimum absolute atomic E-state index is 0.129. The molecule has 7 heteroatoms. The summed E-state index contributed by atoms with van der Waals surface area (Å²) in [6, 6.07) is 2.99. The van der Waals surface area contributed by atoms with Crippen molar-refractivity contribution in [1.82, 2.24) is 9.97 Å². The SMILES string of the molecule is CC.Cc1nc2cc(C(F)(F)F)cc(C#N)c2c(=O)[nH]1. The first kappa shape index (κ1) is 15.7. The normalized spacial score (nSPS) is 10.7. The lowest BCUT2D eigenvalue weighted by molar-refractivity contribution is -0.137. The lowest BCUT2D eigenvalue weighted by atomic mass is 10.1. The van der Waals surface area contributed by atoms with Gasteiger partial charge in [-0.1, -0.05) is 13.8 Å². The Bertz CT molecular complexity index is 726. The van der Waals surface area contributed by atoms with Gasteiger partial charge in [-0.05, 0) is 19.1 Å². The molecule has 106 valence electrons. The Morgan fingerprint density at radius 1 is 1.30 bits per heavy atom. The quantitative estimate of drug-likeness (QED) is 0.807. The van der Waals surface area contributed by atoms with Gasteiger partial charge in [-0.2, -0.15) is 18.4 Å². The van der Waals surface area contributed by atoms with Gasteiger partial charge in [0.15, 0.2) is 0 Å². The number of aromatic amines is 1. The summed E-state index contributed by atoms with van der Waals surface area (Å²) >= 11 is 0. The molecule has 0 aliphatic rings. The van der Waals surface area contributed by atoms with E-state index in [9.17, 15) is 18.0 Å². The third kappa shape index (κ3) is 2.96. The molecule has 1 heterocycles. The van der Waals surface area contributed by atoms with Crippen LogP contribution < -0.4 is 5.56 Å². The van der Waals surface area contributed by atoms with Gasteiger partial charge in [-0.15, -0.1) is 0 Å². The van der Waals surface area contributed by atoms with Crippen LogP contribution >= 0.6 is 0 Å². The van der Waals surface area contributed by atoms with Crippen LogP contribution in [0.2, 0.25) is 0 Å². The molecule has 0 amide bonds. The second kappa shape index (κ2) is 5.74. The van der Waals surface area contributed by atoms with E-state index in [-0.39, 0.29) is 22.3 Å². The molecule has 0 fully saturated rings. The van der Waals surface area contributed by atoms with Gasteiger partial charge in [0.25, 0.3) is 5.56 Å². The molecule has 0 bridgehead atoms. The average Bonchev–Trinajstić information content (AvgIpc) is 2.38. The summed E-state index contributed by atoms with van der Waals surface area (Å²) in [5.74, 6) is 0.190. The van der Waals surface area contributed by atoms with Gasteiger partial charge < -0.3 is 4.98 Å². The third-order valence-corrected chi connectivity index (χ3v) is 2.37. The van der Waals surface area contributed by atoms with Crippen LogP contribution in [0.1, 0.15) is 30.8 Å². The first-order valence-corrected chi connectivity index (χ1v) is 5.85. The molecule has 0 spiro atoms. The van der Waals surface area contributed by atoms with E-state index < -0.39 is 17.3 Å². The van der Waals surface area contributed by atoms with E-state index >= 15 is 0 Å². The van der Waals surface area contributed by atoms with Gasteiger partial charge in [-0.25, -0.2) is 4.98 Å². The summed E-state index contributed by atoms with van der Waals surface area (Å²) < 4.78 is 37.8. The summed E-state index contributed by atoms with van der Waals surface area (Å²) in [7, 11) is 0. The summed E-state index contributed by atoms with van der Waals surface area (Å²) in [6.07, 6.45) is -4.59. The number of nitrogens with zero attached hydrogens (tertiary/aromatic N) is 2. The highest BCUT2D eigenvalue weighted by molar-refractivity contribution is 5.84. The molecular weight excluding hydrogens is 271 g/mol. The van der Waals surface area contributed by atoms with Crippen LogP contribution in [0.4, 0.5) is 13.2 Å². The Balaban J connectivity index is 0.000000956. The Morgan fingerprint density at radius 2 is 1.90 bits per heavy atom. The Hall–Kier alpha value is -2.36. The fraction of sp³-hybridized carbons (Fsp3) is 0.308. The second-order valence-electron chi connectivity index (χ2n) is 3.68. The van der Waals surface area contributed by atoms with Gasteiger partial charge in [0.1, 0.15) is 11.9 Å². The first-order chi connectivity index (χ1) is 9.32. The lowest BCUT2D eigenvalue weighted by Crippen LogP contribution is -2.13. The standard InChI is InChI=1S/C11H6F3N3O.C2H6/c1-5-16-8-3-7(11(12,13)14)2-6(4-15)9(8)10(18)17-5;1-2/h2-3H,1H3,(H,16,17,18);1-2H3. The van der Waals surface area contributed by atoms with E-state index in [2.05, 4.69) is 9.97 Å². The summed E-state index contributed by atoms with van der Waals surface area (Å²) in [5.41, 5.74) is -2.09. The molecule has 0 radical (unpaired) electrons. The zero-order valence-electron chi connectivity index (χ0n) is 11.1. The number of alkyl halides is 3. The van der Waals surface area contributed by atoms with Crippen molar-refractivity contribution in [2.45, 2.75) is 26.9 Å². The lowest BCUT2D eigenvalue weighted by Gasteiger charge is -2.08. The Kier molecular flexibility index (Phi) is 4.50. The molecule has 0 unspecified atom stereocenters. The highest BCUT2D eigenvalue weighted by atomic mass is 19.4. The van der Waals surface area contributed by atoms with Gasteiger partial charge in [0.05, 0.1) is 22.0 Å². The maximum absolute atomic E-state index is 12.6. The molecule has 4 nitrogen and oxygen atoms in total. The third-order valence-electron chi connectivity index (χ3n) is 2.37. The van der Waals surface area contributed by atoms with Crippen molar-refractivity contribution in [2.75, 3.05) is 0 Å². The first-order valence-electron chi connectivity index (χ1n) is 5.85. The van der Waals surface area contributed by atoms with Crippen molar-refractivity contribution in [3.63, 3.8) is 0 Å². The minimum atomic E-state index is -4.59. The van der Waals surface area contributed by atoms with Crippen LogP contribution in [0.25, 0.3) is 10.9 Å². The van der Waals surface area contributed by atoms with Crippen LogP contribution in [0, 0.1) is 18.3 Å². The molecular formula is C13H12F3N3O. The number of aromatic nitrogens is 2. The van der Waals surface area contributed by atoms with Crippen LogP contribution in [0.3, 0.4) is 0 Å². The van der Waals surface area contributed by atoms with Crippen molar-refractivity contribution < 1.29 is 13.2 Å². The molecule has 20 heavy (non-hydrogen) atoms. The topological polar surface area (TPSA) is 69.5 Å². The number of nitriles is 1.